The van der Waals surface area contributed by atoms with Crippen LogP contribution in [0.15, 0.2) is 23.1 Å². The van der Waals surface area contributed by atoms with Crippen LogP contribution in [-0.4, -0.2) is 19.1 Å². The second-order valence-corrected chi connectivity index (χ2v) is 4.88. The average Bonchev–Trinajstić information content (AvgIpc) is 2.27. The number of rotatable bonds is 4. The molecule has 82 valence electrons. The number of thioether (sulfide) groups is 1. The van der Waals surface area contributed by atoms with Gasteiger partial charge in [-0.1, -0.05) is 22.0 Å². The van der Waals surface area contributed by atoms with E-state index in [1.165, 1.54) is 0 Å². The number of hydrogen-bond acceptors (Lipinski definition) is 3. The molecule has 1 aromatic rings. The molecule has 0 N–H and O–H groups in total. The highest BCUT2D eigenvalue weighted by Gasteiger charge is 2.17. The molecule has 15 heavy (non-hydrogen) atoms. The molecule has 0 aliphatic heterocycles. The zero-order valence-corrected chi connectivity index (χ0v) is 11.3. The van der Waals surface area contributed by atoms with Crippen molar-refractivity contribution in [3.8, 4) is 5.75 Å². The molecular formula is C11H13BrO2S. The Morgan fingerprint density at radius 3 is 2.67 bits per heavy atom. The summed E-state index contributed by atoms with van der Waals surface area (Å²) >= 11 is 5.00. The minimum Gasteiger partial charge on any atom is -0.496 e. The van der Waals surface area contributed by atoms with E-state index in [2.05, 4.69) is 15.9 Å². The first-order valence-corrected chi connectivity index (χ1v) is 6.60. The highest BCUT2D eigenvalue weighted by Crippen LogP contribution is 2.34. The Labute approximate surface area is 103 Å². The van der Waals surface area contributed by atoms with Crippen molar-refractivity contribution in [2.24, 2.45) is 0 Å². The Morgan fingerprint density at radius 1 is 1.53 bits per heavy atom. The number of benzene rings is 1. The van der Waals surface area contributed by atoms with Crippen LogP contribution in [-0.2, 0) is 4.79 Å². The van der Waals surface area contributed by atoms with E-state index in [0.717, 1.165) is 16.2 Å². The van der Waals surface area contributed by atoms with Gasteiger partial charge in [-0.3, -0.25) is 4.79 Å². The Kier molecular flexibility index (Phi) is 4.67. The summed E-state index contributed by atoms with van der Waals surface area (Å²) in [6.45, 7) is 1.56. The Balaban J connectivity index is 3.12. The van der Waals surface area contributed by atoms with Crippen LogP contribution in [0.4, 0.5) is 0 Å². The predicted molar refractivity (Wildman–Crippen MR) is 67.1 cm³/mol. The van der Waals surface area contributed by atoms with Crippen molar-refractivity contribution >= 4 is 33.5 Å². The summed E-state index contributed by atoms with van der Waals surface area (Å²) in [4.78, 5) is 12.1. The molecule has 1 aromatic carbocycles. The molecule has 0 fully saturated rings. The standard InChI is InChI=1S/C11H13BrO2S/c1-7(13)11(12)9-5-4-8(15-3)6-10(9)14-2/h4-6,11H,1-3H3. The van der Waals surface area contributed by atoms with Gasteiger partial charge in [0.1, 0.15) is 16.4 Å². The zero-order chi connectivity index (χ0) is 11.4. The number of halogens is 1. The van der Waals surface area contributed by atoms with Gasteiger partial charge >= 0.3 is 0 Å². The average molecular weight is 289 g/mol. The van der Waals surface area contributed by atoms with E-state index in [1.807, 2.05) is 24.5 Å². The SMILES string of the molecule is COc1cc(SC)ccc1C(Br)C(C)=O. The highest BCUT2D eigenvalue weighted by atomic mass is 79.9. The molecule has 1 unspecified atom stereocenters. The van der Waals surface area contributed by atoms with Gasteiger partial charge in [0.05, 0.1) is 7.11 Å². The molecule has 0 bridgehead atoms. The summed E-state index contributed by atoms with van der Waals surface area (Å²) in [5, 5.41) is 0. The lowest BCUT2D eigenvalue weighted by molar-refractivity contribution is -0.116. The van der Waals surface area contributed by atoms with Crippen molar-refractivity contribution in [3.05, 3.63) is 23.8 Å². The third-order valence-electron chi connectivity index (χ3n) is 2.07. The van der Waals surface area contributed by atoms with Crippen LogP contribution in [0.1, 0.15) is 17.3 Å². The zero-order valence-electron chi connectivity index (χ0n) is 8.91. The first kappa shape index (κ1) is 12.6. The molecule has 0 aliphatic carbocycles. The number of carbonyl (C=O) groups is 1. The molecule has 0 spiro atoms. The third kappa shape index (κ3) is 2.98. The molecular weight excluding hydrogens is 276 g/mol. The summed E-state index contributed by atoms with van der Waals surface area (Å²) in [6.07, 6.45) is 2.00. The van der Waals surface area contributed by atoms with E-state index < -0.39 is 0 Å². The van der Waals surface area contributed by atoms with Crippen LogP contribution in [0.25, 0.3) is 0 Å². The molecule has 0 aromatic heterocycles. The highest BCUT2D eigenvalue weighted by molar-refractivity contribution is 9.09. The van der Waals surface area contributed by atoms with E-state index >= 15 is 0 Å². The molecule has 4 heteroatoms. The van der Waals surface area contributed by atoms with Crippen LogP contribution in [0.2, 0.25) is 0 Å². The Hall–Kier alpha value is -0.480. The number of alkyl halides is 1. The van der Waals surface area contributed by atoms with Crippen molar-refractivity contribution in [2.45, 2.75) is 16.6 Å². The molecule has 1 rings (SSSR count). The van der Waals surface area contributed by atoms with Gasteiger partial charge < -0.3 is 4.74 Å². The van der Waals surface area contributed by atoms with Gasteiger partial charge in [-0.2, -0.15) is 0 Å². The fraction of sp³-hybridized carbons (Fsp3) is 0.364. The maximum Gasteiger partial charge on any atom is 0.147 e. The molecule has 0 radical (unpaired) electrons. The third-order valence-corrected chi connectivity index (χ3v) is 3.93. The number of hydrogen-bond donors (Lipinski definition) is 0. The molecule has 0 saturated carbocycles. The van der Waals surface area contributed by atoms with Crippen LogP contribution in [0.3, 0.4) is 0 Å². The quantitative estimate of drug-likeness (QED) is 0.627. The fourth-order valence-corrected chi connectivity index (χ4v) is 2.05. The molecule has 0 heterocycles. The number of Topliss-reactive ketones (excluding diaryl/α,β-unsaturated/α-hetero) is 1. The van der Waals surface area contributed by atoms with Gasteiger partial charge in [0, 0.05) is 10.5 Å². The second-order valence-electron chi connectivity index (χ2n) is 3.08. The van der Waals surface area contributed by atoms with Crippen molar-refractivity contribution in [3.63, 3.8) is 0 Å². The number of ketones is 1. The van der Waals surface area contributed by atoms with Gasteiger partial charge in [-0.25, -0.2) is 0 Å². The lowest BCUT2D eigenvalue weighted by atomic mass is 10.1. The van der Waals surface area contributed by atoms with Crippen LogP contribution in [0.5, 0.6) is 5.75 Å². The van der Waals surface area contributed by atoms with Crippen LogP contribution in [0, 0.1) is 0 Å². The van der Waals surface area contributed by atoms with Gasteiger partial charge in [-0.05, 0) is 25.3 Å². The van der Waals surface area contributed by atoms with Crippen molar-refractivity contribution in [1.29, 1.82) is 0 Å². The first-order chi connectivity index (χ1) is 7.10. The second kappa shape index (κ2) is 5.56. The largest absolute Gasteiger partial charge is 0.496 e. The topological polar surface area (TPSA) is 26.3 Å². The smallest absolute Gasteiger partial charge is 0.147 e. The number of ether oxygens (including phenoxy) is 1. The first-order valence-electron chi connectivity index (χ1n) is 4.46. The van der Waals surface area contributed by atoms with E-state index in [-0.39, 0.29) is 10.6 Å². The van der Waals surface area contributed by atoms with Crippen LogP contribution < -0.4 is 4.74 Å². The Bertz CT molecular complexity index is 366. The lowest BCUT2D eigenvalue weighted by Crippen LogP contribution is -2.03. The molecule has 0 saturated heterocycles. The van der Waals surface area contributed by atoms with Crippen molar-refractivity contribution in [2.75, 3.05) is 13.4 Å². The number of methoxy groups -OCH3 is 1. The molecule has 1 atom stereocenters. The van der Waals surface area contributed by atoms with Crippen molar-refractivity contribution < 1.29 is 9.53 Å². The van der Waals surface area contributed by atoms with Gasteiger partial charge in [-0.15, -0.1) is 11.8 Å². The lowest BCUT2D eigenvalue weighted by Gasteiger charge is -2.12. The van der Waals surface area contributed by atoms with E-state index in [0.29, 0.717) is 0 Å². The van der Waals surface area contributed by atoms with Crippen LogP contribution >= 0.6 is 27.7 Å². The van der Waals surface area contributed by atoms with E-state index in [9.17, 15) is 4.79 Å². The summed E-state index contributed by atoms with van der Waals surface area (Å²) in [5.74, 6) is 0.823. The maximum absolute atomic E-state index is 11.3. The summed E-state index contributed by atoms with van der Waals surface area (Å²) < 4.78 is 5.26. The number of carbonyl (C=O) groups excluding carboxylic acids is 1. The monoisotopic (exact) mass is 288 g/mol. The minimum atomic E-state index is -0.289. The van der Waals surface area contributed by atoms with Gasteiger partial charge in [0.2, 0.25) is 0 Å². The molecule has 2 nitrogen and oxygen atoms in total. The van der Waals surface area contributed by atoms with Gasteiger partial charge in [0.15, 0.2) is 0 Å². The Morgan fingerprint density at radius 2 is 2.20 bits per heavy atom. The fourth-order valence-electron chi connectivity index (χ4n) is 1.25. The summed E-state index contributed by atoms with van der Waals surface area (Å²) in [7, 11) is 1.61. The molecule has 0 aliphatic rings. The van der Waals surface area contributed by atoms with Crippen molar-refractivity contribution in [1.82, 2.24) is 0 Å². The van der Waals surface area contributed by atoms with E-state index in [1.54, 1.807) is 25.8 Å². The van der Waals surface area contributed by atoms with E-state index in [4.69, 9.17) is 4.74 Å². The minimum absolute atomic E-state index is 0.0743. The summed E-state index contributed by atoms with van der Waals surface area (Å²) in [5.41, 5.74) is 0.878. The molecule has 0 amide bonds. The predicted octanol–water partition coefficient (Wildman–Crippen LogP) is 3.44. The maximum atomic E-state index is 11.3. The summed E-state index contributed by atoms with van der Waals surface area (Å²) in [6, 6.07) is 5.85. The normalized spacial score (nSPS) is 12.3. The van der Waals surface area contributed by atoms with Gasteiger partial charge in [0.25, 0.3) is 0 Å².